The van der Waals surface area contributed by atoms with Crippen LogP contribution in [0.1, 0.15) is 96.8 Å². The summed E-state index contributed by atoms with van der Waals surface area (Å²) in [5.74, 6) is -0.827. The Balaban J connectivity index is 3.40. The van der Waals surface area contributed by atoms with Crippen molar-refractivity contribution >= 4 is 5.97 Å². The van der Waals surface area contributed by atoms with Gasteiger partial charge in [-0.05, 0) is 38.6 Å². The summed E-state index contributed by atoms with van der Waals surface area (Å²) in [6.45, 7) is 5.52. The van der Waals surface area contributed by atoms with E-state index < -0.39 is 5.97 Å². The predicted octanol–water partition coefficient (Wildman–Crippen LogP) is 4.99. The van der Waals surface area contributed by atoms with Crippen LogP contribution in [0.15, 0.2) is 12.2 Å². The highest BCUT2D eigenvalue weighted by atomic mass is 16.4. The first-order valence-corrected chi connectivity index (χ1v) is 12.1. The van der Waals surface area contributed by atoms with E-state index in [2.05, 4.69) is 29.3 Å². The lowest BCUT2D eigenvalue weighted by molar-refractivity contribution is -0.135. The first kappa shape index (κ1) is 28.1. The van der Waals surface area contributed by atoms with Gasteiger partial charge in [0.05, 0.1) is 13.2 Å². The van der Waals surface area contributed by atoms with Gasteiger partial charge in [0.25, 0.3) is 0 Å². The van der Waals surface area contributed by atoms with Crippen molar-refractivity contribution in [2.24, 2.45) is 0 Å². The molecule has 0 aliphatic rings. The topological polar surface area (TPSA) is 72.8 Å². The van der Waals surface area contributed by atoms with Gasteiger partial charge in [0.1, 0.15) is 0 Å². The fourth-order valence-corrected chi connectivity index (χ4v) is 3.49. The lowest BCUT2D eigenvalue weighted by Gasteiger charge is -2.21. The molecule has 0 fully saturated rings. The molecule has 5 heteroatoms. The number of rotatable bonds is 23. The summed E-state index contributed by atoms with van der Waals surface area (Å²) in [6, 6.07) is 0. The Labute approximate surface area is 180 Å². The second kappa shape index (κ2) is 23.4. The second-order valence-corrected chi connectivity index (χ2v) is 8.07. The van der Waals surface area contributed by atoms with Gasteiger partial charge < -0.3 is 15.5 Å². The minimum Gasteiger partial charge on any atom is -0.480 e. The molecule has 0 aliphatic carbocycles. The number of aliphatic carboxylic acids is 1. The van der Waals surface area contributed by atoms with E-state index in [9.17, 15) is 4.79 Å². The number of nitrogens with one attached hydrogen (secondary N) is 1. The second-order valence-electron chi connectivity index (χ2n) is 8.07. The van der Waals surface area contributed by atoms with Crippen LogP contribution in [0.5, 0.6) is 0 Å². The average molecular weight is 413 g/mol. The van der Waals surface area contributed by atoms with Crippen molar-refractivity contribution < 1.29 is 15.0 Å². The molecular weight excluding hydrogens is 364 g/mol. The van der Waals surface area contributed by atoms with Gasteiger partial charge in [-0.1, -0.05) is 76.9 Å². The van der Waals surface area contributed by atoms with Crippen molar-refractivity contribution in [2.45, 2.75) is 96.8 Å². The molecule has 0 aromatic rings. The van der Waals surface area contributed by atoms with Crippen LogP contribution >= 0.6 is 0 Å². The highest BCUT2D eigenvalue weighted by Crippen LogP contribution is 2.10. The number of carboxylic acid groups (broad SMARTS) is 1. The predicted molar refractivity (Wildman–Crippen MR) is 123 cm³/mol. The van der Waals surface area contributed by atoms with Gasteiger partial charge in [-0.2, -0.15) is 0 Å². The zero-order valence-electron chi connectivity index (χ0n) is 19.0. The maximum atomic E-state index is 10.5. The summed E-state index contributed by atoms with van der Waals surface area (Å²) in [5.41, 5.74) is 0. The molecule has 5 nitrogen and oxygen atoms in total. The van der Waals surface area contributed by atoms with Crippen LogP contribution in [-0.4, -0.2) is 60.4 Å². The van der Waals surface area contributed by atoms with E-state index in [0.29, 0.717) is 13.1 Å². The zero-order chi connectivity index (χ0) is 21.4. The van der Waals surface area contributed by atoms with Crippen molar-refractivity contribution in [3.05, 3.63) is 12.2 Å². The maximum Gasteiger partial charge on any atom is 0.317 e. The Morgan fingerprint density at radius 1 is 0.793 bits per heavy atom. The molecule has 29 heavy (non-hydrogen) atoms. The van der Waals surface area contributed by atoms with E-state index >= 15 is 0 Å². The van der Waals surface area contributed by atoms with Crippen LogP contribution in [0.3, 0.4) is 0 Å². The molecule has 3 N–H and O–H groups in total. The molecule has 0 aliphatic heterocycles. The summed E-state index contributed by atoms with van der Waals surface area (Å²) in [4.78, 5) is 12.7. The summed E-state index contributed by atoms with van der Waals surface area (Å²) < 4.78 is 0. The number of carbonyl (C=O) groups is 1. The van der Waals surface area contributed by atoms with Crippen molar-refractivity contribution in [2.75, 3.05) is 39.3 Å². The van der Waals surface area contributed by atoms with E-state index in [4.69, 9.17) is 10.2 Å². The molecule has 0 radical (unpaired) electrons. The van der Waals surface area contributed by atoms with Crippen LogP contribution < -0.4 is 5.32 Å². The molecule has 0 aromatic carbocycles. The van der Waals surface area contributed by atoms with Crippen molar-refractivity contribution in [1.29, 1.82) is 0 Å². The molecule has 0 bridgehead atoms. The fraction of sp³-hybridized carbons (Fsp3) is 0.875. The SMILES string of the molecule is CCCCCCCC/C=C\CCCCCCCCN(CCO)CCNCC(=O)O. The number of hydrogen-bond acceptors (Lipinski definition) is 4. The maximum absolute atomic E-state index is 10.5. The van der Waals surface area contributed by atoms with E-state index in [0.717, 1.165) is 19.5 Å². The Hall–Kier alpha value is -0.910. The van der Waals surface area contributed by atoms with Gasteiger partial charge in [-0.25, -0.2) is 0 Å². The quantitative estimate of drug-likeness (QED) is 0.163. The Kier molecular flexibility index (Phi) is 22.6. The lowest BCUT2D eigenvalue weighted by atomic mass is 10.1. The molecule has 0 unspecified atom stereocenters. The highest BCUT2D eigenvalue weighted by Gasteiger charge is 2.04. The number of carboxylic acids is 1. The van der Waals surface area contributed by atoms with Gasteiger partial charge in [-0.3, -0.25) is 9.69 Å². The lowest BCUT2D eigenvalue weighted by Crippen LogP contribution is -2.36. The summed E-state index contributed by atoms with van der Waals surface area (Å²) >= 11 is 0. The molecule has 172 valence electrons. The van der Waals surface area contributed by atoms with Gasteiger partial charge >= 0.3 is 5.97 Å². The van der Waals surface area contributed by atoms with Crippen LogP contribution in [-0.2, 0) is 4.79 Å². The van der Waals surface area contributed by atoms with Crippen LogP contribution in [0.4, 0.5) is 0 Å². The Bertz CT molecular complexity index is 375. The number of unbranched alkanes of at least 4 members (excludes halogenated alkanes) is 12. The molecule has 0 saturated carbocycles. The van der Waals surface area contributed by atoms with Crippen LogP contribution in [0.25, 0.3) is 0 Å². The van der Waals surface area contributed by atoms with Crippen LogP contribution in [0, 0.1) is 0 Å². The largest absolute Gasteiger partial charge is 0.480 e. The monoisotopic (exact) mass is 412 g/mol. The molecule has 0 saturated heterocycles. The van der Waals surface area contributed by atoms with E-state index in [-0.39, 0.29) is 13.2 Å². The highest BCUT2D eigenvalue weighted by molar-refractivity contribution is 5.68. The van der Waals surface area contributed by atoms with Gasteiger partial charge in [-0.15, -0.1) is 0 Å². The molecule has 0 aromatic heterocycles. The first-order chi connectivity index (χ1) is 14.2. The van der Waals surface area contributed by atoms with Gasteiger partial charge in [0.2, 0.25) is 0 Å². The summed E-state index contributed by atoms with van der Waals surface area (Å²) in [7, 11) is 0. The molecule has 0 rings (SSSR count). The molecular formula is C24H48N2O3. The average Bonchev–Trinajstić information content (AvgIpc) is 2.70. The standard InChI is InChI=1S/C24H48N2O3/c1-2-3-4-5-6-7-8-9-10-11-12-13-14-15-16-17-19-26(21-22-27)20-18-25-23-24(28)29/h9-10,25,27H,2-8,11-23H2,1H3,(H,28,29)/b10-9-. The molecule has 0 amide bonds. The molecule has 0 spiro atoms. The fourth-order valence-electron chi connectivity index (χ4n) is 3.49. The zero-order valence-corrected chi connectivity index (χ0v) is 19.0. The number of aliphatic hydroxyl groups is 1. The van der Waals surface area contributed by atoms with E-state index in [1.54, 1.807) is 0 Å². The molecule has 0 heterocycles. The van der Waals surface area contributed by atoms with Crippen LogP contribution in [0.2, 0.25) is 0 Å². The Morgan fingerprint density at radius 2 is 1.34 bits per heavy atom. The molecule has 0 atom stereocenters. The third-order valence-electron chi connectivity index (χ3n) is 5.28. The summed E-state index contributed by atoms with van der Waals surface area (Å²) in [6.07, 6.45) is 23.1. The van der Waals surface area contributed by atoms with Crippen molar-refractivity contribution in [3.8, 4) is 0 Å². The van der Waals surface area contributed by atoms with E-state index in [1.165, 1.54) is 83.5 Å². The third kappa shape index (κ3) is 23.2. The number of hydrogen-bond donors (Lipinski definition) is 3. The van der Waals surface area contributed by atoms with Crippen molar-refractivity contribution in [1.82, 2.24) is 10.2 Å². The first-order valence-electron chi connectivity index (χ1n) is 12.1. The third-order valence-corrected chi connectivity index (χ3v) is 5.28. The van der Waals surface area contributed by atoms with Gasteiger partial charge in [0.15, 0.2) is 0 Å². The smallest absolute Gasteiger partial charge is 0.317 e. The minimum absolute atomic E-state index is 0.00119. The Morgan fingerprint density at radius 3 is 1.90 bits per heavy atom. The number of nitrogens with zero attached hydrogens (tertiary/aromatic N) is 1. The summed E-state index contributed by atoms with van der Waals surface area (Å²) in [5, 5.41) is 20.7. The van der Waals surface area contributed by atoms with E-state index in [1.807, 2.05) is 0 Å². The van der Waals surface area contributed by atoms with Gasteiger partial charge in [0, 0.05) is 19.6 Å². The number of aliphatic hydroxyl groups excluding tert-OH is 1. The normalized spacial score (nSPS) is 11.7. The van der Waals surface area contributed by atoms with Crippen molar-refractivity contribution in [3.63, 3.8) is 0 Å². The minimum atomic E-state index is -0.827. The number of allylic oxidation sites excluding steroid dienone is 2.